The van der Waals surface area contributed by atoms with Gasteiger partial charge in [0.05, 0.1) is 12.9 Å². The van der Waals surface area contributed by atoms with Crippen LogP contribution in [0.2, 0.25) is 0 Å². The monoisotopic (exact) mass is 355 g/mol. The third kappa shape index (κ3) is 3.49. The number of carbonyl (C=O) groups excluding carboxylic acids is 1. The number of amides is 1. The number of aromatic nitrogens is 1. The van der Waals surface area contributed by atoms with Gasteiger partial charge in [0.15, 0.2) is 0 Å². The standard InChI is InChI=1S/C21H29N3O2/c1-14(26-4)13-21(3,22)20(25)24-11-9-16(10-12-24)19-15(2)23-18-8-6-5-7-17(18)19/h5-8,13,16,23H,9-12,22H2,1-4H3. The van der Waals surface area contributed by atoms with Crippen LogP contribution in [0.3, 0.4) is 0 Å². The zero-order valence-corrected chi connectivity index (χ0v) is 16.1. The van der Waals surface area contributed by atoms with Crippen molar-refractivity contribution < 1.29 is 9.53 Å². The minimum atomic E-state index is -1.04. The summed E-state index contributed by atoms with van der Waals surface area (Å²) in [6.07, 6.45) is 3.61. The molecule has 0 saturated carbocycles. The zero-order valence-electron chi connectivity index (χ0n) is 16.1. The maximum absolute atomic E-state index is 12.8. The van der Waals surface area contributed by atoms with Gasteiger partial charge < -0.3 is 20.4 Å². The third-order valence-electron chi connectivity index (χ3n) is 5.42. The minimum absolute atomic E-state index is 0.0389. The van der Waals surface area contributed by atoms with Gasteiger partial charge in [0, 0.05) is 29.7 Å². The maximum atomic E-state index is 12.8. The molecule has 0 radical (unpaired) electrons. The number of hydrogen-bond donors (Lipinski definition) is 2. The van der Waals surface area contributed by atoms with Crippen LogP contribution < -0.4 is 5.73 Å². The first-order chi connectivity index (χ1) is 12.3. The number of carbonyl (C=O) groups is 1. The average Bonchev–Trinajstić information content (AvgIpc) is 2.96. The molecule has 26 heavy (non-hydrogen) atoms. The Balaban J connectivity index is 1.73. The van der Waals surface area contributed by atoms with Gasteiger partial charge in [0.25, 0.3) is 0 Å². The molecule has 2 heterocycles. The molecule has 0 aliphatic carbocycles. The zero-order chi connectivity index (χ0) is 18.9. The van der Waals surface area contributed by atoms with Gasteiger partial charge in [0.1, 0.15) is 5.54 Å². The molecule has 1 aromatic heterocycles. The molecule has 5 nitrogen and oxygen atoms in total. The van der Waals surface area contributed by atoms with Crippen molar-refractivity contribution in [1.82, 2.24) is 9.88 Å². The second kappa shape index (κ2) is 7.16. The molecule has 0 spiro atoms. The van der Waals surface area contributed by atoms with Crippen LogP contribution in [-0.4, -0.2) is 41.5 Å². The molecule has 1 aromatic carbocycles. The van der Waals surface area contributed by atoms with Gasteiger partial charge in [-0.05, 0) is 57.2 Å². The van der Waals surface area contributed by atoms with E-state index in [4.69, 9.17) is 10.5 Å². The van der Waals surface area contributed by atoms with Crippen molar-refractivity contribution in [2.45, 2.75) is 45.1 Å². The highest BCUT2D eigenvalue weighted by Crippen LogP contribution is 2.36. The van der Waals surface area contributed by atoms with Gasteiger partial charge in [-0.15, -0.1) is 0 Å². The van der Waals surface area contributed by atoms with Crippen LogP contribution in [0.15, 0.2) is 36.1 Å². The number of nitrogens with one attached hydrogen (secondary N) is 1. The van der Waals surface area contributed by atoms with E-state index in [2.05, 4.69) is 36.2 Å². The lowest BCUT2D eigenvalue weighted by Gasteiger charge is -2.36. The molecule has 2 aromatic rings. The number of aromatic amines is 1. The number of aryl methyl sites for hydroxylation is 1. The van der Waals surface area contributed by atoms with Crippen molar-refractivity contribution >= 4 is 16.8 Å². The van der Waals surface area contributed by atoms with Crippen LogP contribution in [0.25, 0.3) is 10.9 Å². The summed E-state index contributed by atoms with van der Waals surface area (Å²) >= 11 is 0. The number of nitrogens with zero attached hydrogens (tertiary/aromatic N) is 1. The summed E-state index contributed by atoms with van der Waals surface area (Å²) in [7, 11) is 1.58. The fourth-order valence-electron chi connectivity index (χ4n) is 4.08. The Kier molecular flexibility index (Phi) is 5.10. The first-order valence-corrected chi connectivity index (χ1v) is 9.22. The first-order valence-electron chi connectivity index (χ1n) is 9.22. The minimum Gasteiger partial charge on any atom is -0.502 e. The van der Waals surface area contributed by atoms with Crippen molar-refractivity contribution in [1.29, 1.82) is 0 Å². The van der Waals surface area contributed by atoms with E-state index in [1.54, 1.807) is 20.1 Å². The summed E-state index contributed by atoms with van der Waals surface area (Å²) in [6.45, 7) is 7.16. The number of nitrogens with two attached hydrogens (primary N) is 1. The van der Waals surface area contributed by atoms with Crippen molar-refractivity contribution in [2.24, 2.45) is 5.73 Å². The summed E-state index contributed by atoms with van der Waals surface area (Å²) in [5.74, 6) is 1.09. The lowest BCUT2D eigenvalue weighted by molar-refractivity contribution is -0.135. The summed E-state index contributed by atoms with van der Waals surface area (Å²) in [4.78, 5) is 18.2. The van der Waals surface area contributed by atoms with Crippen LogP contribution >= 0.6 is 0 Å². The Hall–Kier alpha value is -2.27. The molecule has 3 rings (SSSR count). The van der Waals surface area contributed by atoms with E-state index in [-0.39, 0.29) is 5.91 Å². The number of allylic oxidation sites excluding steroid dienone is 1. The number of H-pyrrole nitrogens is 1. The van der Waals surface area contributed by atoms with Crippen LogP contribution in [0.1, 0.15) is 43.9 Å². The summed E-state index contributed by atoms with van der Waals surface area (Å²) < 4.78 is 5.15. The molecule has 3 N–H and O–H groups in total. The number of fused-ring (bicyclic) bond motifs is 1. The Bertz CT molecular complexity index is 827. The van der Waals surface area contributed by atoms with E-state index < -0.39 is 5.54 Å². The molecule has 1 saturated heterocycles. The van der Waals surface area contributed by atoms with Gasteiger partial charge in [-0.3, -0.25) is 4.79 Å². The smallest absolute Gasteiger partial charge is 0.246 e. The van der Waals surface area contributed by atoms with E-state index in [0.29, 0.717) is 11.7 Å². The number of benzene rings is 1. The van der Waals surface area contributed by atoms with Crippen molar-refractivity contribution in [2.75, 3.05) is 20.2 Å². The van der Waals surface area contributed by atoms with E-state index in [1.807, 2.05) is 11.8 Å². The number of ether oxygens (including phenoxy) is 1. The summed E-state index contributed by atoms with van der Waals surface area (Å²) in [6, 6.07) is 8.44. The molecular formula is C21H29N3O2. The molecule has 1 aliphatic rings. The number of piperidine rings is 1. The largest absolute Gasteiger partial charge is 0.502 e. The molecule has 0 bridgehead atoms. The molecule has 5 heteroatoms. The Labute approximate surface area is 155 Å². The number of rotatable bonds is 4. The lowest BCUT2D eigenvalue weighted by Crippen LogP contribution is -2.54. The molecule has 1 fully saturated rings. The van der Waals surface area contributed by atoms with Gasteiger partial charge in [-0.1, -0.05) is 18.2 Å². The number of methoxy groups -OCH3 is 1. The van der Waals surface area contributed by atoms with Gasteiger partial charge in [-0.25, -0.2) is 0 Å². The molecule has 1 aliphatic heterocycles. The SMILES string of the molecule is COC(C)=CC(C)(N)C(=O)N1CCC(c2c(C)[nH]c3ccccc23)CC1. The second-order valence-electron chi connectivity index (χ2n) is 7.52. The van der Waals surface area contributed by atoms with Crippen LogP contribution in [0.5, 0.6) is 0 Å². The highest BCUT2D eigenvalue weighted by Gasteiger charge is 2.34. The second-order valence-corrected chi connectivity index (χ2v) is 7.52. The highest BCUT2D eigenvalue weighted by molar-refractivity contribution is 5.88. The van der Waals surface area contributed by atoms with Crippen molar-refractivity contribution in [3.05, 3.63) is 47.4 Å². The molecular weight excluding hydrogens is 326 g/mol. The number of likely N-dealkylation sites (tertiary alicyclic amines) is 1. The molecule has 1 amide bonds. The fraction of sp³-hybridized carbons (Fsp3) is 0.476. The average molecular weight is 355 g/mol. The fourth-order valence-corrected chi connectivity index (χ4v) is 4.08. The molecule has 1 unspecified atom stereocenters. The van der Waals surface area contributed by atoms with Gasteiger partial charge in [0.2, 0.25) is 5.91 Å². The molecule has 1 atom stereocenters. The maximum Gasteiger partial charge on any atom is 0.246 e. The normalized spacial score (nSPS) is 18.8. The van der Waals surface area contributed by atoms with Crippen LogP contribution in [0, 0.1) is 6.92 Å². The van der Waals surface area contributed by atoms with Crippen molar-refractivity contribution in [3.8, 4) is 0 Å². The third-order valence-corrected chi connectivity index (χ3v) is 5.42. The van der Waals surface area contributed by atoms with E-state index in [9.17, 15) is 4.79 Å². The van der Waals surface area contributed by atoms with E-state index in [1.165, 1.54) is 22.2 Å². The summed E-state index contributed by atoms with van der Waals surface area (Å²) in [5.41, 5.74) is 9.03. The number of hydrogen-bond acceptors (Lipinski definition) is 3. The lowest BCUT2D eigenvalue weighted by atomic mass is 9.86. The first kappa shape index (κ1) is 18.5. The van der Waals surface area contributed by atoms with Gasteiger partial charge in [-0.2, -0.15) is 0 Å². The van der Waals surface area contributed by atoms with Crippen molar-refractivity contribution in [3.63, 3.8) is 0 Å². The predicted molar refractivity (Wildman–Crippen MR) is 105 cm³/mol. The van der Waals surface area contributed by atoms with E-state index >= 15 is 0 Å². The predicted octanol–water partition coefficient (Wildman–Crippen LogP) is 3.45. The quantitative estimate of drug-likeness (QED) is 0.825. The Morgan fingerprint density at radius 1 is 1.35 bits per heavy atom. The highest BCUT2D eigenvalue weighted by atomic mass is 16.5. The Morgan fingerprint density at radius 3 is 2.65 bits per heavy atom. The van der Waals surface area contributed by atoms with Crippen LogP contribution in [0.4, 0.5) is 0 Å². The molecule has 140 valence electrons. The van der Waals surface area contributed by atoms with E-state index in [0.717, 1.165) is 25.9 Å². The Morgan fingerprint density at radius 2 is 2.00 bits per heavy atom. The van der Waals surface area contributed by atoms with Crippen LogP contribution in [-0.2, 0) is 9.53 Å². The number of para-hydroxylation sites is 1. The summed E-state index contributed by atoms with van der Waals surface area (Å²) in [5, 5.41) is 1.30. The van der Waals surface area contributed by atoms with Gasteiger partial charge >= 0.3 is 0 Å². The topological polar surface area (TPSA) is 71.3 Å².